The molecule has 0 aromatic carbocycles. The van der Waals surface area contributed by atoms with E-state index < -0.39 is 24.2 Å². The highest BCUT2D eigenvalue weighted by Gasteiger charge is 2.51. The molecule has 0 bridgehead atoms. The van der Waals surface area contributed by atoms with Crippen molar-refractivity contribution in [3.05, 3.63) is 0 Å². The van der Waals surface area contributed by atoms with Crippen LogP contribution in [0, 0.1) is 0 Å². The molecule has 13 heavy (non-hydrogen) atoms. The fraction of sp³-hybridized carbons (Fsp3) is 0.857. The monoisotopic (exact) mass is 200 g/mol. The number of rotatable bonds is 3. The van der Waals surface area contributed by atoms with Crippen LogP contribution in [0.1, 0.15) is 20.3 Å². The maximum absolute atomic E-state index is 12.0. The van der Waals surface area contributed by atoms with Gasteiger partial charge in [0.25, 0.3) is 0 Å². The molecule has 0 aliphatic carbocycles. The van der Waals surface area contributed by atoms with Crippen LogP contribution in [0.5, 0.6) is 0 Å². The molecule has 3 nitrogen and oxygen atoms in total. The Balaban J connectivity index is 4.26. The van der Waals surface area contributed by atoms with Gasteiger partial charge in [-0.25, -0.2) is 0 Å². The van der Waals surface area contributed by atoms with Gasteiger partial charge in [0.1, 0.15) is 0 Å². The highest BCUT2D eigenvalue weighted by Crippen LogP contribution is 2.32. The molecule has 0 fully saturated rings. The number of ether oxygens (including phenoxy) is 1. The van der Waals surface area contributed by atoms with E-state index in [1.54, 1.807) is 0 Å². The number of halogens is 3. The summed E-state index contributed by atoms with van der Waals surface area (Å²) in [5, 5.41) is 8.82. The highest BCUT2D eigenvalue weighted by atomic mass is 19.4. The van der Waals surface area contributed by atoms with Crippen LogP contribution >= 0.6 is 0 Å². The van der Waals surface area contributed by atoms with Crippen molar-refractivity contribution in [1.29, 1.82) is 0 Å². The molecule has 1 unspecified atom stereocenters. The molecule has 0 aromatic heterocycles. The van der Waals surface area contributed by atoms with Crippen LogP contribution in [0.2, 0.25) is 0 Å². The van der Waals surface area contributed by atoms with Gasteiger partial charge in [-0.1, -0.05) is 0 Å². The van der Waals surface area contributed by atoms with Gasteiger partial charge in [0, 0.05) is 0 Å². The van der Waals surface area contributed by atoms with Gasteiger partial charge in [-0.3, -0.25) is 4.79 Å². The van der Waals surface area contributed by atoms with Crippen LogP contribution in [0.25, 0.3) is 0 Å². The summed E-state index contributed by atoms with van der Waals surface area (Å²) in [6.07, 6.45) is -5.90. The van der Waals surface area contributed by atoms with Crippen molar-refractivity contribution in [3.63, 3.8) is 0 Å². The number of aliphatic hydroxyl groups is 1. The van der Waals surface area contributed by atoms with Crippen molar-refractivity contribution in [3.8, 4) is 0 Å². The number of esters is 1. The summed E-state index contributed by atoms with van der Waals surface area (Å²) < 4.78 is 40.2. The van der Waals surface area contributed by atoms with Crippen LogP contribution in [0.4, 0.5) is 13.2 Å². The largest absolute Gasteiger partial charge is 0.466 e. The fourth-order valence-corrected chi connectivity index (χ4v) is 0.593. The van der Waals surface area contributed by atoms with E-state index >= 15 is 0 Å². The molecule has 0 saturated carbocycles. The Morgan fingerprint density at radius 3 is 2.23 bits per heavy atom. The maximum Gasteiger partial charge on any atom is 0.417 e. The third-order valence-electron chi connectivity index (χ3n) is 1.40. The minimum atomic E-state index is -4.82. The third-order valence-corrected chi connectivity index (χ3v) is 1.40. The van der Waals surface area contributed by atoms with Crippen LogP contribution in [-0.4, -0.2) is 29.5 Å². The van der Waals surface area contributed by atoms with E-state index in [4.69, 9.17) is 5.11 Å². The zero-order chi connectivity index (χ0) is 10.7. The van der Waals surface area contributed by atoms with Gasteiger partial charge in [-0.05, 0) is 13.8 Å². The lowest BCUT2D eigenvalue weighted by atomic mass is 10.0. The smallest absolute Gasteiger partial charge is 0.417 e. The molecule has 0 rings (SSSR count). The lowest BCUT2D eigenvalue weighted by Crippen LogP contribution is -2.44. The summed E-state index contributed by atoms with van der Waals surface area (Å²) in [5.41, 5.74) is -3.01. The standard InChI is InChI=1S/C7H11F3O3/c1-3-13-5(11)4-6(2,12)7(8,9)10/h12H,3-4H2,1-2H3. The molecular weight excluding hydrogens is 189 g/mol. The van der Waals surface area contributed by atoms with E-state index in [2.05, 4.69) is 4.74 Å². The Morgan fingerprint density at radius 2 is 1.92 bits per heavy atom. The number of carbonyl (C=O) groups is 1. The molecule has 1 atom stereocenters. The van der Waals surface area contributed by atoms with Crippen molar-refractivity contribution in [1.82, 2.24) is 0 Å². The number of alkyl halides is 3. The van der Waals surface area contributed by atoms with E-state index in [9.17, 15) is 18.0 Å². The van der Waals surface area contributed by atoms with E-state index in [-0.39, 0.29) is 6.61 Å². The van der Waals surface area contributed by atoms with Gasteiger partial charge in [0.2, 0.25) is 0 Å². The minimum Gasteiger partial charge on any atom is -0.466 e. The van der Waals surface area contributed by atoms with Gasteiger partial charge >= 0.3 is 12.1 Å². The second kappa shape index (κ2) is 3.95. The van der Waals surface area contributed by atoms with E-state index in [0.717, 1.165) is 0 Å². The van der Waals surface area contributed by atoms with Crippen molar-refractivity contribution in [2.24, 2.45) is 0 Å². The molecule has 6 heteroatoms. The molecule has 0 amide bonds. The molecule has 0 radical (unpaired) electrons. The topological polar surface area (TPSA) is 46.5 Å². The van der Waals surface area contributed by atoms with E-state index in [1.165, 1.54) is 6.92 Å². The third kappa shape index (κ3) is 3.63. The molecule has 0 aromatic rings. The average molecular weight is 200 g/mol. The Morgan fingerprint density at radius 1 is 1.46 bits per heavy atom. The quantitative estimate of drug-likeness (QED) is 0.697. The maximum atomic E-state index is 12.0. The van der Waals surface area contributed by atoms with Crippen molar-refractivity contribution in [2.45, 2.75) is 32.0 Å². The molecule has 0 saturated heterocycles. The summed E-state index contributed by atoms with van der Waals surface area (Å²) in [6, 6.07) is 0. The van der Waals surface area contributed by atoms with Gasteiger partial charge in [-0.2, -0.15) is 13.2 Å². The highest BCUT2D eigenvalue weighted by molar-refractivity contribution is 5.70. The lowest BCUT2D eigenvalue weighted by molar-refractivity contribution is -0.255. The number of carbonyl (C=O) groups excluding carboxylic acids is 1. The first kappa shape index (κ1) is 12.2. The number of hydrogen-bond donors (Lipinski definition) is 1. The van der Waals surface area contributed by atoms with E-state index in [1.807, 2.05) is 0 Å². The van der Waals surface area contributed by atoms with Gasteiger partial charge in [0.05, 0.1) is 13.0 Å². The first-order chi connectivity index (χ1) is 5.70. The molecule has 1 N–H and O–H groups in total. The van der Waals surface area contributed by atoms with Crippen molar-refractivity contribution >= 4 is 5.97 Å². The summed E-state index contributed by atoms with van der Waals surface area (Å²) in [4.78, 5) is 10.6. The van der Waals surface area contributed by atoms with Crippen molar-refractivity contribution in [2.75, 3.05) is 6.61 Å². The molecule has 0 spiro atoms. The van der Waals surface area contributed by atoms with Crippen molar-refractivity contribution < 1.29 is 27.8 Å². The zero-order valence-electron chi connectivity index (χ0n) is 7.31. The predicted octanol–water partition coefficient (Wildman–Crippen LogP) is 1.25. The Bertz CT molecular complexity index is 186. The Hall–Kier alpha value is -0.780. The first-order valence-corrected chi connectivity index (χ1v) is 3.65. The van der Waals surface area contributed by atoms with Crippen LogP contribution in [0.15, 0.2) is 0 Å². The molecule has 0 aliphatic heterocycles. The van der Waals surface area contributed by atoms with Crippen LogP contribution < -0.4 is 0 Å². The minimum absolute atomic E-state index is 0.00717. The second-order valence-electron chi connectivity index (χ2n) is 2.75. The summed E-state index contributed by atoms with van der Waals surface area (Å²) in [6.45, 7) is 2.00. The first-order valence-electron chi connectivity index (χ1n) is 3.65. The Labute approximate surface area is 73.5 Å². The summed E-state index contributed by atoms with van der Waals surface area (Å²) >= 11 is 0. The van der Waals surface area contributed by atoms with Gasteiger partial charge < -0.3 is 9.84 Å². The summed E-state index contributed by atoms with van der Waals surface area (Å²) in [5.74, 6) is -1.06. The normalized spacial score (nSPS) is 16.5. The Kier molecular flexibility index (Phi) is 3.71. The zero-order valence-corrected chi connectivity index (χ0v) is 7.31. The average Bonchev–Trinajstić information content (AvgIpc) is 1.83. The SMILES string of the molecule is CCOC(=O)CC(C)(O)C(F)(F)F. The van der Waals surface area contributed by atoms with Crippen LogP contribution in [0.3, 0.4) is 0 Å². The number of hydrogen-bond acceptors (Lipinski definition) is 3. The molecule has 0 heterocycles. The lowest BCUT2D eigenvalue weighted by Gasteiger charge is -2.24. The summed E-state index contributed by atoms with van der Waals surface area (Å²) in [7, 11) is 0. The van der Waals surface area contributed by atoms with Gasteiger partial charge in [-0.15, -0.1) is 0 Å². The van der Waals surface area contributed by atoms with Crippen LogP contribution in [-0.2, 0) is 9.53 Å². The second-order valence-corrected chi connectivity index (χ2v) is 2.75. The fourth-order valence-electron chi connectivity index (χ4n) is 0.593. The van der Waals surface area contributed by atoms with E-state index in [0.29, 0.717) is 6.92 Å². The molecular formula is C7H11F3O3. The predicted molar refractivity (Wildman–Crippen MR) is 37.9 cm³/mol. The molecule has 78 valence electrons. The van der Waals surface area contributed by atoms with Gasteiger partial charge in [0.15, 0.2) is 5.60 Å². The molecule has 0 aliphatic rings.